The fourth-order valence-corrected chi connectivity index (χ4v) is 2.79. The molecule has 0 saturated heterocycles. The lowest BCUT2D eigenvalue weighted by Gasteiger charge is -2.08. The van der Waals surface area contributed by atoms with E-state index < -0.39 is 0 Å². The summed E-state index contributed by atoms with van der Waals surface area (Å²) in [7, 11) is 0. The summed E-state index contributed by atoms with van der Waals surface area (Å²) in [5, 5.41) is 10.0. The molecule has 2 aromatic heterocycles. The van der Waals surface area contributed by atoms with Crippen molar-refractivity contribution in [1.29, 1.82) is 0 Å². The number of rotatable bonds is 6. The van der Waals surface area contributed by atoms with Gasteiger partial charge in [0.15, 0.2) is 4.77 Å². The van der Waals surface area contributed by atoms with Gasteiger partial charge in [0.25, 0.3) is 5.91 Å². The number of carbonyl (C=O) groups is 1. The molecule has 0 spiro atoms. The molecule has 0 unspecified atom stereocenters. The van der Waals surface area contributed by atoms with Crippen molar-refractivity contribution in [1.82, 2.24) is 25.1 Å². The highest BCUT2D eigenvalue weighted by molar-refractivity contribution is 7.71. The van der Waals surface area contributed by atoms with Crippen LogP contribution >= 0.6 is 12.2 Å². The van der Waals surface area contributed by atoms with Gasteiger partial charge in [-0.25, -0.2) is 0 Å². The SMILES string of the molecule is CC(C)c1ccc(C(=O)NCCc2n[nH]c(=S)n2C2CC2)cn1. The van der Waals surface area contributed by atoms with Crippen molar-refractivity contribution in [3.8, 4) is 0 Å². The molecule has 2 aromatic rings. The lowest BCUT2D eigenvalue weighted by atomic mass is 10.1. The van der Waals surface area contributed by atoms with Gasteiger partial charge in [0.1, 0.15) is 5.82 Å². The number of pyridine rings is 1. The second-order valence-electron chi connectivity index (χ2n) is 6.18. The Morgan fingerprint density at radius 3 is 2.87 bits per heavy atom. The molecule has 1 amide bonds. The minimum absolute atomic E-state index is 0.111. The molecular weight excluding hydrogens is 310 g/mol. The van der Waals surface area contributed by atoms with Crippen LogP contribution in [0.1, 0.15) is 60.5 Å². The van der Waals surface area contributed by atoms with Crippen molar-refractivity contribution in [2.45, 2.75) is 45.1 Å². The Labute approximate surface area is 140 Å². The topological polar surface area (TPSA) is 75.6 Å². The molecule has 1 saturated carbocycles. The largest absolute Gasteiger partial charge is 0.352 e. The predicted octanol–water partition coefficient (Wildman–Crippen LogP) is 2.77. The van der Waals surface area contributed by atoms with Crippen LogP contribution in [0.25, 0.3) is 0 Å². The van der Waals surface area contributed by atoms with Gasteiger partial charge in [0, 0.05) is 30.9 Å². The number of amides is 1. The number of H-pyrrole nitrogens is 1. The molecule has 1 aliphatic rings. The Bertz CT molecular complexity index is 743. The smallest absolute Gasteiger partial charge is 0.252 e. The van der Waals surface area contributed by atoms with E-state index in [-0.39, 0.29) is 5.91 Å². The number of aromatic amines is 1. The minimum Gasteiger partial charge on any atom is -0.352 e. The van der Waals surface area contributed by atoms with Crippen LogP contribution in [0, 0.1) is 4.77 Å². The third kappa shape index (κ3) is 3.67. The standard InChI is InChI=1S/C16H21N5OS/c1-10(2)13-6-3-11(9-18-13)15(22)17-8-7-14-19-20-16(23)21(14)12-4-5-12/h3,6,9-10,12H,4-5,7-8H2,1-2H3,(H,17,22)(H,20,23). The van der Waals surface area contributed by atoms with Gasteiger partial charge in [-0.05, 0) is 43.1 Å². The zero-order chi connectivity index (χ0) is 16.4. The summed E-state index contributed by atoms with van der Waals surface area (Å²) in [6.07, 6.45) is 4.60. The van der Waals surface area contributed by atoms with Crippen LogP contribution in [-0.4, -0.2) is 32.2 Å². The molecule has 0 aromatic carbocycles. The normalized spacial score (nSPS) is 14.2. The number of carbonyl (C=O) groups excluding carboxylic acids is 1. The molecule has 1 aliphatic carbocycles. The first-order valence-corrected chi connectivity index (χ1v) is 8.37. The van der Waals surface area contributed by atoms with Gasteiger partial charge >= 0.3 is 0 Å². The van der Waals surface area contributed by atoms with E-state index in [0.717, 1.165) is 24.4 Å². The van der Waals surface area contributed by atoms with Crippen LogP contribution in [0.15, 0.2) is 18.3 Å². The van der Waals surface area contributed by atoms with Crippen molar-refractivity contribution in [3.05, 3.63) is 40.2 Å². The van der Waals surface area contributed by atoms with E-state index in [4.69, 9.17) is 12.2 Å². The average molecular weight is 331 g/mol. The molecule has 0 radical (unpaired) electrons. The Kier molecular flexibility index (Phi) is 4.56. The van der Waals surface area contributed by atoms with Gasteiger partial charge in [-0.3, -0.25) is 14.9 Å². The second-order valence-corrected chi connectivity index (χ2v) is 6.57. The fourth-order valence-electron chi connectivity index (χ4n) is 2.49. The monoisotopic (exact) mass is 331 g/mol. The third-order valence-corrected chi connectivity index (χ3v) is 4.25. The van der Waals surface area contributed by atoms with Crippen molar-refractivity contribution >= 4 is 18.1 Å². The van der Waals surface area contributed by atoms with E-state index in [1.807, 2.05) is 12.1 Å². The summed E-state index contributed by atoms with van der Waals surface area (Å²) < 4.78 is 2.74. The van der Waals surface area contributed by atoms with Crippen molar-refractivity contribution < 1.29 is 4.79 Å². The van der Waals surface area contributed by atoms with E-state index in [2.05, 4.69) is 38.9 Å². The summed E-state index contributed by atoms with van der Waals surface area (Å²) in [4.78, 5) is 16.5. The molecule has 0 atom stereocenters. The Balaban J connectivity index is 1.56. The van der Waals surface area contributed by atoms with Gasteiger partial charge in [0.05, 0.1) is 5.56 Å². The van der Waals surface area contributed by atoms with E-state index in [1.54, 1.807) is 6.20 Å². The summed E-state index contributed by atoms with van der Waals surface area (Å²) in [5.41, 5.74) is 1.57. The van der Waals surface area contributed by atoms with E-state index >= 15 is 0 Å². The first kappa shape index (κ1) is 15.9. The summed E-state index contributed by atoms with van der Waals surface area (Å²) in [6.45, 7) is 4.68. The average Bonchev–Trinajstić information content (AvgIpc) is 3.31. The van der Waals surface area contributed by atoms with Crippen LogP contribution in [0.4, 0.5) is 0 Å². The summed E-state index contributed by atoms with van der Waals surface area (Å²) in [6, 6.07) is 4.20. The lowest BCUT2D eigenvalue weighted by molar-refractivity contribution is 0.0953. The Hall–Kier alpha value is -2.02. The van der Waals surface area contributed by atoms with Crippen molar-refractivity contribution in [2.75, 3.05) is 6.54 Å². The molecule has 23 heavy (non-hydrogen) atoms. The molecule has 0 aliphatic heterocycles. The third-order valence-electron chi connectivity index (χ3n) is 3.96. The summed E-state index contributed by atoms with van der Waals surface area (Å²) >= 11 is 5.25. The van der Waals surface area contributed by atoms with Crippen LogP contribution in [0.2, 0.25) is 0 Å². The molecule has 6 nitrogen and oxygen atoms in total. The fraction of sp³-hybridized carbons (Fsp3) is 0.500. The van der Waals surface area contributed by atoms with Gasteiger partial charge < -0.3 is 9.88 Å². The highest BCUT2D eigenvalue weighted by atomic mass is 32.1. The van der Waals surface area contributed by atoms with Crippen LogP contribution in [0.5, 0.6) is 0 Å². The van der Waals surface area contributed by atoms with Gasteiger partial charge in [-0.1, -0.05) is 13.8 Å². The molecular formula is C16H21N5OS. The maximum absolute atomic E-state index is 12.1. The van der Waals surface area contributed by atoms with Crippen LogP contribution in [-0.2, 0) is 6.42 Å². The highest BCUT2D eigenvalue weighted by Gasteiger charge is 2.26. The minimum atomic E-state index is -0.111. The molecule has 0 bridgehead atoms. The Morgan fingerprint density at radius 2 is 2.26 bits per heavy atom. The Morgan fingerprint density at radius 1 is 1.48 bits per heavy atom. The van der Waals surface area contributed by atoms with Gasteiger partial charge in [-0.2, -0.15) is 5.10 Å². The molecule has 2 N–H and O–H groups in total. The summed E-state index contributed by atoms with van der Waals surface area (Å²) in [5.74, 6) is 1.16. The van der Waals surface area contributed by atoms with Gasteiger partial charge in [-0.15, -0.1) is 0 Å². The second kappa shape index (κ2) is 6.62. The van der Waals surface area contributed by atoms with Gasteiger partial charge in [0.2, 0.25) is 0 Å². The van der Waals surface area contributed by atoms with E-state index in [9.17, 15) is 4.79 Å². The van der Waals surface area contributed by atoms with Crippen molar-refractivity contribution in [3.63, 3.8) is 0 Å². The first-order valence-electron chi connectivity index (χ1n) is 7.96. The zero-order valence-corrected chi connectivity index (χ0v) is 14.2. The van der Waals surface area contributed by atoms with Crippen molar-refractivity contribution in [2.24, 2.45) is 0 Å². The van der Waals surface area contributed by atoms with E-state index in [1.165, 1.54) is 0 Å². The first-order chi connectivity index (χ1) is 11.1. The predicted molar refractivity (Wildman–Crippen MR) is 90.0 cm³/mol. The lowest BCUT2D eigenvalue weighted by Crippen LogP contribution is -2.26. The molecule has 3 rings (SSSR count). The molecule has 1 fully saturated rings. The van der Waals surface area contributed by atoms with E-state index in [0.29, 0.717) is 35.3 Å². The molecule has 122 valence electrons. The quantitative estimate of drug-likeness (QED) is 0.798. The number of nitrogens with one attached hydrogen (secondary N) is 2. The molecule has 7 heteroatoms. The maximum atomic E-state index is 12.1. The number of hydrogen-bond acceptors (Lipinski definition) is 4. The molecule has 2 heterocycles. The highest BCUT2D eigenvalue weighted by Crippen LogP contribution is 2.35. The van der Waals surface area contributed by atoms with Crippen LogP contribution < -0.4 is 5.32 Å². The maximum Gasteiger partial charge on any atom is 0.252 e. The zero-order valence-electron chi connectivity index (χ0n) is 13.4. The van der Waals surface area contributed by atoms with Crippen LogP contribution in [0.3, 0.4) is 0 Å². The number of hydrogen-bond donors (Lipinski definition) is 2. The number of nitrogens with zero attached hydrogens (tertiary/aromatic N) is 3. The number of aromatic nitrogens is 4.